The number of carbonyl (C=O) groups is 1. The first-order valence-electron chi connectivity index (χ1n) is 13.1. The SMILES string of the molecule is CCCN=C(N)c1ccc(C)c(-c2nc(N3CCN(C)CC3)nc3c2CNC(=O)N3c2c(F)cccc2F)c1. The normalized spacial score (nSPS) is 16.3. The van der Waals surface area contributed by atoms with Crippen molar-refractivity contribution in [1.29, 1.82) is 0 Å². The second kappa shape index (κ2) is 10.9. The van der Waals surface area contributed by atoms with Crippen molar-refractivity contribution in [2.45, 2.75) is 26.8 Å². The lowest BCUT2D eigenvalue weighted by atomic mass is 9.97. The van der Waals surface area contributed by atoms with Crippen molar-refractivity contribution >= 4 is 29.3 Å². The summed E-state index contributed by atoms with van der Waals surface area (Å²) < 4.78 is 30.0. The predicted molar refractivity (Wildman–Crippen MR) is 149 cm³/mol. The topological polar surface area (TPSA) is 103 Å². The molecule has 3 N–H and O–H groups in total. The Bertz CT molecular complexity index is 1420. The van der Waals surface area contributed by atoms with Crippen LogP contribution in [0.15, 0.2) is 41.4 Å². The summed E-state index contributed by atoms with van der Waals surface area (Å²) in [5, 5.41) is 2.75. The van der Waals surface area contributed by atoms with E-state index in [2.05, 4.69) is 15.2 Å². The number of nitrogens with one attached hydrogen (secondary N) is 1. The Morgan fingerprint density at radius 3 is 2.51 bits per heavy atom. The van der Waals surface area contributed by atoms with Gasteiger partial charge in [0, 0.05) is 49.4 Å². The maximum absolute atomic E-state index is 15.0. The number of aryl methyl sites for hydroxylation is 1. The molecule has 0 spiro atoms. The van der Waals surface area contributed by atoms with Gasteiger partial charge in [0.1, 0.15) is 23.2 Å². The number of nitrogens with zero attached hydrogens (tertiary/aromatic N) is 6. The molecule has 2 amide bonds. The highest BCUT2D eigenvalue weighted by Crippen LogP contribution is 2.39. The lowest BCUT2D eigenvalue weighted by Crippen LogP contribution is -2.46. The number of aliphatic imine (C=N–C) groups is 1. The number of hydrogen-bond acceptors (Lipinski definition) is 6. The number of piperazine rings is 1. The first kappa shape index (κ1) is 26.5. The van der Waals surface area contributed by atoms with Crippen molar-refractivity contribution in [3.63, 3.8) is 0 Å². The zero-order chi connectivity index (χ0) is 27.7. The number of benzene rings is 2. The highest BCUT2D eigenvalue weighted by Gasteiger charge is 2.35. The standard InChI is InChI=1S/C28H32F2N8O/c1-4-10-32-25(31)18-9-8-17(2)19(15-18)23-20-16-33-28(39)38(24-21(29)6-5-7-22(24)30)26(20)35-27(34-23)37-13-11-36(3)12-14-37/h5-9,15H,4,10-14,16H2,1-3H3,(H2,31,32)(H,33,39). The molecule has 3 heterocycles. The monoisotopic (exact) mass is 534 g/mol. The van der Waals surface area contributed by atoms with Crippen molar-refractivity contribution < 1.29 is 13.6 Å². The molecule has 5 rings (SSSR count). The van der Waals surface area contributed by atoms with Crippen LogP contribution in [0.5, 0.6) is 0 Å². The van der Waals surface area contributed by atoms with Crippen molar-refractivity contribution in [2.24, 2.45) is 10.7 Å². The summed E-state index contributed by atoms with van der Waals surface area (Å²) in [5.74, 6) is -0.761. The van der Waals surface area contributed by atoms with E-state index in [0.29, 0.717) is 42.7 Å². The predicted octanol–water partition coefficient (Wildman–Crippen LogP) is 3.96. The van der Waals surface area contributed by atoms with Gasteiger partial charge in [-0.05, 0) is 44.2 Å². The number of fused-ring (bicyclic) bond motifs is 1. The van der Waals surface area contributed by atoms with E-state index in [9.17, 15) is 13.6 Å². The lowest BCUT2D eigenvalue weighted by molar-refractivity contribution is 0.246. The fourth-order valence-corrected chi connectivity index (χ4v) is 4.79. The molecule has 0 unspecified atom stereocenters. The van der Waals surface area contributed by atoms with Gasteiger partial charge in [-0.15, -0.1) is 0 Å². The van der Waals surface area contributed by atoms with Crippen molar-refractivity contribution in [3.8, 4) is 11.3 Å². The fraction of sp³-hybridized carbons (Fsp3) is 0.357. The third-order valence-corrected chi connectivity index (χ3v) is 7.05. The van der Waals surface area contributed by atoms with E-state index < -0.39 is 23.4 Å². The molecule has 204 valence electrons. The van der Waals surface area contributed by atoms with Gasteiger partial charge in [-0.25, -0.2) is 23.5 Å². The highest BCUT2D eigenvalue weighted by atomic mass is 19.1. The third kappa shape index (κ3) is 5.14. The van der Waals surface area contributed by atoms with Crippen molar-refractivity contribution in [1.82, 2.24) is 20.2 Å². The van der Waals surface area contributed by atoms with Gasteiger partial charge < -0.3 is 20.9 Å². The largest absolute Gasteiger partial charge is 0.384 e. The Morgan fingerprint density at radius 2 is 1.82 bits per heavy atom. The van der Waals surface area contributed by atoms with Crippen LogP contribution in [0.25, 0.3) is 11.3 Å². The third-order valence-electron chi connectivity index (χ3n) is 7.05. The molecule has 1 aromatic heterocycles. The molecule has 1 saturated heterocycles. The molecule has 1 fully saturated rings. The smallest absolute Gasteiger partial charge is 0.328 e. The molecule has 0 radical (unpaired) electrons. The van der Waals surface area contributed by atoms with Crippen LogP contribution in [0.4, 0.5) is 31.0 Å². The number of likely N-dealkylation sites (N-methyl/N-ethyl adjacent to an activating group) is 1. The molecule has 0 aliphatic carbocycles. The first-order chi connectivity index (χ1) is 18.8. The van der Waals surface area contributed by atoms with Crippen LogP contribution in [0.2, 0.25) is 0 Å². The van der Waals surface area contributed by atoms with Gasteiger partial charge in [0.05, 0.1) is 12.2 Å². The number of carbonyl (C=O) groups excluding carboxylic acids is 1. The van der Waals surface area contributed by atoms with Crippen molar-refractivity contribution in [3.05, 3.63) is 64.7 Å². The summed E-state index contributed by atoms with van der Waals surface area (Å²) >= 11 is 0. The highest BCUT2D eigenvalue weighted by molar-refractivity contribution is 6.03. The molecule has 39 heavy (non-hydrogen) atoms. The van der Waals surface area contributed by atoms with Crippen LogP contribution in [0, 0.1) is 18.6 Å². The molecule has 0 saturated carbocycles. The number of amides is 2. The van der Waals surface area contributed by atoms with Gasteiger partial charge in [-0.1, -0.05) is 25.1 Å². The minimum absolute atomic E-state index is 0.0994. The number of hydrogen-bond donors (Lipinski definition) is 2. The molecular weight excluding hydrogens is 502 g/mol. The Labute approximate surface area is 226 Å². The fourth-order valence-electron chi connectivity index (χ4n) is 4.79. The summed E-state index contributed by atoms with van der Waals surface area (Å²) in [6, 6.07) is 8.61. The summed E-state index contributed by atoms with van der Waals surface area (Å²) in [7, 11) is 2.04. The van der Waals surface area contributed by atoms with Crippen LogP contribution in [-0.2, 0) is 6.54 Å². The van der Waals surface area contributed by atoms with Gasteiger partial charge in [-0.3, -0.25) is 4.99 Å². The Kier molecular flexibility index (Phi) is 7.42. The number of amidine groups is 1. The summed E-state index contributed by atoms with van der Waals surface area (Å²) in [6.45, 7) is 7.65. The Hall–Kier alpha value is -4.12. The minimum Gasteiger partial charge on any atom is -0.384 e. The molecule has 0 atom stereocenters. The summed E-state index contributed by atoms with van der Waals surface area (Å²) in [4.78, 5) is 32.5. The maximum atomic E-state index is 15.0. The average molecular weight is 535 g/mol. The number of nitrogens with two attached hydrogens (primary N) is 1. The molecule has 2 aliphatic rings. The van der Waals surface area contributed by atoms with Crippen LogP contribution < -0.4 is 20.9 Å². The Morgan fingerprint density at radius 1 is 1.10 bits per heavy atom. The molecule has 0 bridgehead atoms. The molecular formula is C28H32F2N8O. The van der Waals surface area contributed by atoms with Gasteiger partial charge in [-0.2, -0.15) is 4.98 Å². The van der Waals surface area contributed by atoms with Gasteiger partial charge in [0.15, 0.2) is 5.82 Å². The zero-order valence-corrected chi connectivity index (χ0v) is 22.3. The van der Waals surface area contributed by atoms with Crippen LogP contribution in [-0.4, -0.2) is 66.5 Å². The molecule has 9 nitrogen and oxygen atoms in total. The number of para-hydroxylation sites is 1. The van der Waals surface area contributed by atoms with E-state index in [1.807, 2.05) is 44.0 Å². The number of halogens is 2. The minimum atomic E-state index is -0.864. The second-order valence-electron chi connectivity index (χ2n) is 9.83. The van der Waals surface area contributed by atoms with E-state index in [1.54, 1.807) is 0 Å². The summed E-state index contributed by atoms with van der Waals surface area (Å²) in [6.07, 6.45) is 0.870. The second-order valence-corrected chi connectivity index (χ2v) is 9.83. The zero-order valence-electron chi connectivity index (χ0n) is 22.3. The van der Waals surface area contributed by atoms with E-state index in [1.165, 1.54) is 6.07 Å². The van der Waals surface area contributed by atoms with E-state index >= 15 is 0 Å². The molecule has 11 heteroatoms. The summed E-state index contributed by atoms with van der Waals surface area (Å²) in [5.41, 5.74) is 9.37. The molecule has 2 aromatic carbocycles. The van der Waals surface area contributed by atoms with Crippen LogP contribution in [0.3, 0.4) is 0 Å². The number of aromatic nitrogens is 2. The molecule has 3 aromatic rings. The van der Waals surface area contributed by atoms with E-state index in [4.69, 9.17) is 15.7 Å². The van der Waals surface area contributed by atoms with Crippen LogP contribution in [0.1, 0.15) is 30.0 Å². The van der Waals surface area contributed by atoms with E-state index in [-0.39, 0.29) is 12.4 Å². The molecule has 2 aliphatic heterocycles. The number of anilines is 3. The quantitative estimate of drug-likeness (QED) is 0.367. The number of rotatable bonds is 6. The van der Waals surface area contributed by atoms with Gasteiger partial charge in [0.25, 0.3) is 0 Å². The average Bonchev–Trinajstić information content (AvgIpc) is 2.92. The van der Waals surface area contributed by atoms with Gasteiger partial charge in [0.2, 0.25) is 5.95 Å². The van der Waals surface area contributed by atoms with E-state index in [0.717, 1.165) is 53.2 Å². The Balaban J connectivity index is 1.73. The first-order valence-corrected chi connectivity index (χ1v) is 13.1. The van der Waals surface area contributed by atoms with Crippen LogP contribution >= 0.6 is 0 Å². The lowest BCUT2D eigenvalue weighted by Gasteiger charge is -2.35. The maximum Gasteiger partial charge on any atom is 0.328 e. The van der Waals surface area contributed by atoms with Gasteiger partial charge >= 0.3 is 6.03 Å². The number of urea groups is 1. The van der Waals surface area contributed by atoms with Crippen molar-refractivity contribution in [2.75, 3.05) is 49.6 Å².